The summed E-state index contributed by atoms with van der Waals surface area (Å²) in [4.78, 5) is 0. The van der Waals surface area contributed by atoms with Crippen molar-refractivity contribution < 1.29 is 13.2 Å². The van der Waals surface area contributed by atoms with Gasteiger partial charge in [-0.05, 0) is 50.1 Å². The third kappa shape index (κ3) is 4.11. The smallest absolute Gasteiger partial charge is 0.234 e. The van der Waals surface area contributed by atoms with E-state index in [1.807, 2.05) is 0 Å². The van der Waals surface area contributed by atoms with E-state index in [9.17, 15) is 8.42 Å². The van der Waals surface area contributed by atoms with Crippen molar-refractivity contribution in [3.8, 4) is 5.75 Å². The van der Waals surface area contributed by atoms with Crippen LogP contribution in [-0.4, -0.2) is 40.9 Å². The maximum absolute atomic E-state index is 12.2. The fourth-order valence-electron chi connectivity index (χ4n) is 1.94. The van der Waals surface area contributed by atoms with E-state index in [0.29, 0.717) is 23.9 Å². The highest BCUT2D eigenvalue weighted by Crippen LogP contribution is 2.21. The summed E-state index contributed by atoms with van der Waals surface area (Å²) in [5.41, 5.74) is 0.654. The van der Waals surface area contributed by atoms with E-state index in [0.717, 1.165) is 6.54 Å². The van der Waals surface area contributed by atoms with E-state index in [1.165, 1.54) is 17.1 Å². The van der Waals surface area contributed by atoms with Crippen LogP contribution in [-0.2, 0) is 10.0 Å². The van der Waals surface area contributed by atoms with Gasteiger partial charge in [0.25, 0.3) is 0 Å². The first-order valence-corrected chi connectivity index (χ1v) is 8.48. The Kier molecular flexibility index (Phi) is 4.88. The Bertz CT molecular complexity index is 524. The van der Waals surface area contributed by atoms with Gasteiger partial charge in [0.1, 0.15) is 5.75 Å². The van der Waals surface area contributed by atoms with E-state index < -0.39 is 10.0 Å². The lowest BCUT2D eigenvalue weighted by molar-refractivity contribution is 0.415. The number of hydrogen-bond acceptors (Lipinski definition) is 4. The van der Waals surface area contributed by atoms with Gasteiger partial charge in [0.05, 0.1) is 18.6 Å². The summed E-state index contributed by atoms with van der Waals surface area (Å²) in [5.74, 6) is 0.878. The van der Waals surface area contributed by atoms with Crippen LogP contribution in [0.2, 0.25) is 0 Å². The second kappa shape index (κ2) is 6.45. The average Bonchev–Trinajstić information content (AvgIpc) is 3.27. The van der Waals surface area contributed by atoms with Crippen molar-refractivity contribution in [3.63, 3.8) is 0 Å². The van der Waals surface area contributed by atoms with Gasteiger partial charge >= 0.3 is 0 Å². The third-order valence-corrected chi connectivity index (χ3v) is 5.29. The zero-order valence-corrected chi connectivity index (χ0v) is 12.8. The fraction of sp³-hybridized carbons (Fsp3) is 0.571. The first-order valence-electron chi connectivity index (χ1n) is 6.87. The number of sulfonamides is 1. The number of benzene rings is 1. The van der Waals surface area contributed by atoms with Gasteiger partial charge in [-0.3, -0.25) is 4.31 Å². The lowest BCUT2D eigenvalue weighted by atomic mass is 10.3. The van der Waals surface area contributed by atoms with E-state index in [1.54, 1.807) is 38.4 Å². The molecule has 0 saturated heterocycles. The van der Waals surface area contributed by atoms with Gasteiger partial charge in [0.15, 0.2) is 0 Å². The molecular formula is C14H22N2O3S. The zero-order chi connectivity index (χ0) is 14.6. The number of nitrogens with one attached hydrogen (secondary N) is 1. The minimum absolute atomic E-state index is 0.162. The molecule has 1 aliphatic carbocycles. The molecule has 6 heteroatoms. The van der Waals surface area contributed by atoms with Crippen LogP contribution in [0, 0.1) is 0 Å². The Morgan fingerprint density at radius 2 is 1.95 bits per heavy atom. The quantitative estimate of drug-likeness (QED) is 0.741. The zero-order valence-electron chi connectivity index (χ0n) is 12.0. The molecule has 0 atom stereocenters. The molecule has 0 aliphatic heterocycles. The van der Waals surface area contributed by atoms with Crippen molar-refractivity contribution in [2.75, 3.05) is 30.8 Å². The molecule has 0 aromatic heterocycles. The van der Waals surface area contributed by atoms with Gasteiger partial charge in [-0.25, -0.2) is 8.42 Å². The molecule has 1 aliphatic rings. The molecule has 112 valence electrons. The van der Waals surface area contributed by atoms with Crippen molar-refractivity contribution in [1.29, 1.82) is 0 Å². The van der Waals surface area contributed by atoms with E-state index in [4.69, 9.17) is 4.74 Å². The summed E-state index contributed by atoms with van der Waals surface area (Å²) in [6.07, 6.45) is 3.08. The van der Waals surface area contributed by atoms with Crippen LogP contribution in [0.1, 0.15) is 19.3 Å². The average molecular weight is 298 g/mol. The molecule has 20 heavy (non-hydrogen) atoms. The Morgan fingerprint density at radius 1 is 1.30 bits per heavy atom. The predicted molar refractivity (Wildman–Crippen MR) is 80.8 cm³/mol. The van der Waals surface area contributed by atoms with Crippen LogP contribution >= 0.6 is 0 Å². The second-order valence-electron chi connectivity index (χ2n) is 5.06. The first-order chi connectivity index (χ1) is 9.53. The van der Waals surface area contributed by atoms with Crippen LogP contribution < -0.4 is 14.4 Å². The van der Waals surface area contributed by atoms with Gasteiger partial charge in [-0.1, -0.05) is 0 Å². The Balaban J connectivity index is 1.88. The highest BCUT2D eigenvalue weighted by atomic mass is 32.2. The Hall–Kier alpha value is -1.27. The second-order valence-corrected chi connectivity index (χ2v) is 7.18. The topological polar surface area (TPSA) is 58.6 Å². The molecule has 0 heterocycles. The molecule has 0 spiro atoms. The number of nitrogens with zero attached hydrogens (tertiary/aromatic N) is 1. The Morgan fingerprint density at radius 3 is 2.50 bits per heavy atom. The standard InChI is InChI=1S/C14H22N2O3S/c1-16(13-6-8-14(19-2)9-7-13)20(17,18)11-3-10-15-12-4-5-12/h6-9,12,15H,3-5,10-11H2,1-2H3. The summed E-state index contributed by atoms with van der Waals surface area (Å²) >= 11 is 0. The molecule has 1 N–H and O–H groups in total. The molecule has 1 fully saturated rings. The van der Waals surface area contributed by atoms with Crippen LogP contribution in [0.15, 0.2) is 24.3 Å². The van der Waals surface area contributed by atoms with Crippen molar-refractivity contribution in [3.05, 3.63) is 24.3 Å². The molecule has 1 aromatic carbocycles. The highest BCUT2D eigenvalue weighted by Gasteiger charge is 2.21. The molecule has 1 saturated carbocycles. The van der Waals surface area contributed by atoms with E-state index >= 15 is 0 Å². The van der Waals surface area contributed by atoms with Crippen molar-refractivity contribution >= 4 is 15.7 Å². The monoisotopic (exact) mass is 298 g/mol. The molecule has 0 unspecified atom stereocenters. The van der Waals surface area contributed by atoms with Crippen LogP contribution in [0.3, 0.4) is 0 Å². The van der Waals surface area contributed by atoms with Crippen LogP contribution in [0.25, 0.3) is 0 Å². The van der Waals surface area contributed by atoms with E-state index in [2.05, 4.69) is 5.32 Å². The molecule has 2 rings (SSSR count). The van der Waals surface area contributed by atoms with Gasteiger partial charge in [-0.15, -0.1) is 0 Å². The van der Waals surface area contributed by atoms with Gasteiger partial charge < -0.3 is 10.1 Å². The minimum atomic E-state index is -3.26. The van der Waals surface area contributed by atoms with E-state index in [-0.39, 0.29) is 5.75 Å². The number of methoxy groups -OCH3 is 1. The summed E-state index contributed by atoms with van der Waals surface area (Å²) < 4.78 is 30.8. The van der Waals surface area contributed by atoms with Gasteiger partial charge in [0, 0.05) is 13.1 Å². The predicted octanol–water partition coefficient (Wildman–Crippen LogP) is 1.60. The first kappa shape index (κ1) is 15.1. The Labute approximate surface area is 121 Å². The number of anilines is 1. The molecule has 0 radical (unpaired) electrons. The molecule has 1 aromatic rings. The maximum atomic E-state index is 12.2. The van der Waals surface area contributed by atoms with Crippen molar-refractivity contribution in [1.82, 2.24) is 5.32 Å². The summed E-state index contributed by atoms with van der Waals surface area (Å²) in [6, 6.07) is 7.64. The highest BCUT2D eigenvalue weighted by molar-refractivity contribution is 7.92. The molecular weight excluding hydrogens is 276 g/mol. The third-order valence-electron chi connectivity index (χ3n) is 3.44. The number of ether oxygens (including phenoxy) is 1. The van der Waals surface area contributed by atoms with Gasteiger partial charge in [0.2, 0.25) is 10.0 Å². The van der Waals surface area contributed by atoms with Crippen LogP contribution in [0.5, 0.6) is 5.75 Å². The fourth-order valence-corrected chi connectivity index (χ4v) is 3.16. The number of hydrogen-bond donors (Lipinski definition) is 1. The summed E-state index contributed by atoms with van der Waals surface area (Å²) in [6.45, 7) is 0.764. The molecule has 0 bridgehead atoms. The maximum Gasteiger partial charge on any atom is 0.234 e. The lowest BCUT2D eigenvalue weighted by Crippen LogP contribution is -2.30. The number of rotatable bonds is 8. The summed E-state index contributed by atoms with van der Waals surface area (Å²) in [7, 11) is -0.0835. The minimum Gasteiger partial charge on any atom is -0.497 e. The largest absolute Gasteiger partial charge is 0.497 e. The van der Waals surface area contributed by atoms with Crippen molar-refractivity contribution in [2.24, 2.45) is 0 Å². The normalized spacial score (nSPS) is 15.1. The van der Waals surface area contributed by atoms with Crippen LogP contribution in [0.4, 0.5) is 5.69 Å². The molecule has 5 nitrogen and oxygen atoms in total. The SMILES string of the molecule is COc1ccc(N(C)S(=O)(=O)CCCNC2CC2)cc1. The summed E-state index contributed by atoms with van der Waals surface area (Å²) in [5, 5.41) is 3.32. The lowest BCUT2D eigenvalue weighted by Gasteiger charge is -2.19. The van der Waals surface area contributed by atoms with Gasteiger partial charge in [-0.2, -0.15) is 0 Å². The van der Waals surface area contributed by atoms with Crippen molar-refractivity contribution in [2.45, 2.75) is 25.3 Å². The molecule has 0 amide bonds.